The van der Waals surface area contributed by atoms with Gasteiger partial charge in [0.2, 0.25) is 5.91 Å². The standard InChI is InChI=1S/C18H17N5OS/c24-17(5-1-9-23-10-3-8-19-23)20-13-6-7-14-15(12-13)22-18(21-14)16-4-2-11-25-16/h2-4,6-8,10-12H,1,5,9H2,(H,20,24)(H,21,22). The molecule has 6 nitrogen and oxygen atoms in total. The van der Waals surface area contributed by atoms with Crippen LogP contribution in [0.2, 0.25) is 0 Å². The molecule has 1 aromatic carbocycles. The highest BCUT2D eigenvalue weighted by molar-refractivity contribution is 7.13. The highest BCUT2D eigenvalue weighted by Gasteiger charge is 2.08. The number of H-pyrrole nitrogens is 1. The molecule has 3 aromatic heterocycles. The highest BCUT2D eigenvalue weighted by Crippen LogP contribution is 2.26. The number of aryl methyl sites for hydroxylation is 1. The summed E-state index contributed by atoms with van der Waals surface area (Å²) in [6.45, 7) is 0.740. The zero-order valence-electron chi connectivity index (χ0n) is 13.5. The van der Waals surface area contributed by atoms with E-state index in [2.05, 4.69) is 20.4 Å². The third kappa shape index (κ3) is 3.61. The molecule has 7 heteroatoms. The van der Waals surface area contributed by atoms with Gasteiger partial charge in [-0.25, -0.2) is 4.98 Å². The first-order chi connectivity index (χ1) is 12.3. The van der Waals surface area contributed by atoms with Crippen molar-refractivity contribution in [1.82, 2.24) is 19.7 Å². The molecule has 0 aliphatic carbocycles. The van der Waals surface area contributed by atoms with E-state index in [1.165, 1.54) is 0 Å². The number of rotatable bonds is 6. The highest BCUT2D eigenvalue weighted by atomic mass is 32.1. The van der Waals surface area contributed by atoms with Gasteiger partial charge in [-0.05, 0) is 42.1 Å². The van der Waals surface area contributed by atoms with Crippen molar-refractivity contribution in [3.05, 3.63) is 54.2 Å². The fourth-order valence-corrected chi connectivity index (χ4v) is 3.34. The molecule has 0 saturated carbocycles. The Hall–Kier alpha value is -2.93. The van der Waals surface area contributed by atoms with E-state index < -0.39 is 0 Å². The van der Waals surface area contributed by atoms with Crippen LogP contribution in [0.4, 0.5) is 5.69 Å². The van der Waals surface area contributed by atoms with Crippen molar-refractivity contribution >= 4 is 34.0 Å². The number of imidazole rings is 1. The number of carbonyl (C=O) groups is 1. The van der Waals surface area contributed by atoms with Gasteiger partial charge >= 0.3 is 0 Å². The average molecular weight is 351 g/mol. The number of amides is 1. The first-order valence-electron chi connectivity index (χ1n) is 8.09. The predicted molar refractivity (Wildman–Crippen MR) is 99.5 cm³/mol. The van der Waals surface area contributed by atoms with Crippen molar-refractivity contribution in [2.24, 2.45) is 0 Å². The predicted octanol–water partition coefficient (Wildman–Crippen LogP) is 3.91. The summed E-state index contributed by atoms with van der Waals surface area (Å²) in [5, 5.41) is 9.10. The van der Waals surface area contributed by atoms with Crippen molar-refractivity contribution in [1.29, 1.82) is 0 Å². The molecule has 0 spiro atoms. The Bertz CT molecular complexity index is 972. The molecule has 0 radical (unpaired) electrons. The van der Waals surface area contributed by atoms with Gasteiger partial charge in [-0.15, -0.1) is 11.3 Å². The first-order valence-corrected chi connectivity index (χ1v) is 8.97. The molecule has 126 valence electrons. The molecule has 0 fully saturated rings. The molecule has 4 aromatic rings. The van der Waals surface area contributed by atoms with Crippen LogP contribution >= 0.6 is 11.3 Å². The second-order valence-corrected chi connectivity index (χ2v) is 6.66. The Morgan fingerprint density at radius 3 is 3.04 bits per heavy atom. The molecule has 3 heterocycles. The Balaban J connectivity index is 1.40. The van der Waals surface area contributed by atoms with E-state index in [-0.39, 0.29) is 5.91 Å². The van der Waals surface area contributed by atoms with E-state index in [0.717, 1.165) is 40.4 Å². The monoisotopic (exact) mass is 351 g/mol. The van der Waals surface area contributed by atoms with Gasteiger partial charge < -0.3 is 10.3 Å². The summed E-state index contributed by atoms with van der Waals surface area (Å²) in [6.07, 6.45) is 4.85. The molecule has 0 atom stereocenters. The van der Waals surface area contributed by atoms with E-state index >= 15 is 0 Å². The number of hydrogen-bond donors (Lipinski definition) is 2. The van der Waals surface area contributed by atoms with Crippen LogP contribution in [0.15, 0.2) is 54.2 Å². The summed E-state index contributed by atoms with van der Waals surface area (Å²) in [7, 11) is 0. The molecule has 1 amide bonds. The largest absolute Gasteiger partial charge is 0.337 e. The second-order valence-electron chi connectivity index (χ2n) is 5.72. The molecule has 25 heavy (non-hydrogen) atoms. The van der Waals surface area contributed by atoms with Crippen LogP contribution in [0.3, 0.4) is 0 Å². The van der Waals surface area contributed by atoms with Crippen LogP contribution in [-0.2, 0) is 11.3 Å². The minimum atomic E-state index is 0.00417. The Labute approximate surface area is 148 Å². The minimum Gasteiger partial charge on any atom is -0.337 e. The number of carbonyl (C=O) groups excluding carboxylic acids is 1. The summed E-state index contributed by atoms with van der Waals surface area (Å²) in [6, 6.07) is 11.6. The topological polar surface area (TPSA) is 75.6 Å². The van der Waals surface area contributed by atoms with Crippen LogP contribution in [0.25, 0.3) is 21.7 Å². The van der Waals surface area contributed by atoms with Crippen LogP contribution < -0.4 is 5.32 Å². The number of hydrogen-bond acceptors (Lipinski definition) is 4. The summed E-state index contributed by atoms with van der Waals surface area (Å²) in [5.41, 5.74) is 2.58. The molecular formula is C18H17N5OS. The summed E-state index contributed by atoms with van der Waals surface area (Å²) in [4.78, 5) is 21.1. The van der Waals surface area contributed by atoms with Crippen molar-refractivity contribution in [3.8, 4) is 10.7 Å². The molecule has 0 aliphatic heterocycles. The van der Waals surface area contributed by atoms with Gasteiger partial charge in [-0.2, -0.15) is 5.10 Å². The molecule has 0 aliphatic rings. The average Bonchev–Trinajstić information content (AvgIpc) is 3.35. The molecule has 0 unspecified atom stereocenters. The van der Waals surface area contributed by atoms with E-state index in [9.17, 15) is 4.79 Å². The van der Waals surface area contributed by atoms with Crippen molar-refractivity contribution in [3.63, 3.8) is 0 Å². The van der Waals surface area contributed by atoms with Crippen LogP contribution in [-0.4, -0.2) is 25.7 Å². The molecule has 2 N–H and O–H groups in total. The summed E-state index contributed by atoms with van der Waals surface area (Å²) >= 11 is 1.64. The molecule has 0 saturated heterocycles. The quantitative estimate of drug-likeness (QED) is 0.553. The number of nitrogens with one attached hydrogen (secondary N) is 2. The molecule has 0 bridgehead atoms. The van der Waals surface area contributed by atoms with Gasteiger partial charge in [-0.3, -0.25) is 9.48 Å². The van der Waals surface area contributed by atoms with Gasteiger partial charge in [-0.1, -0.05) is 6.07 Å². The smallest absolute Gasteiger partial charge is 0.224 e. The maximum absolute atomic E-state index is 12.1. The lowest BCUT2D eigenvalue weighted by atomic mass is 10.2. The van der Waals surface area contributed by atoms with Gasteiger partial charge in [0, 0.05) is 31.0 Å². The van der Waals surface area contributed by atoms with Crippen molar-refractivity contribution in [2.45, 2.75) is 19.4 Å². The summed E-state index contributed by atoms with van der Waals surface area (Å²) < 4.78 is 1.83. The van der Waals surface area contributed by atoms with Crippen molar-refractivity contribution < 1.29 is 4.79 Å². The minimum absolute atomic E-state index is 0.00417. The maximum atomic E-state index is 12.1. The number of nitrogens with zero attached hydrogens (tertiary/aromatic N) is 3. The zero-order chi connectivity index (χ0) is 17.1. The number of aromatic amines is 1. The second kappa shape index (κ2) is 6.90. The Morgan fingerprint density at radius 1 is 1.28 bits per heavy atom. The third-order valence-corrected chi connectivity index (χ3v) is 4.75. The molecular weight excluding hydrogens is 334 g/mol. The fourth-order valence-electron chi connectivity index (χ4n) is 2.68. The lowest BCUT2D eigenvalue weighted by Crippen LogP contribution is -2.12. The van der Waals surface area contributed by atoms with E-state index in [1.54, 1.807) is 17.5 Å². The van der Waals surface area contributed by atoms with Crippen molar-refractivity contribution in [2.75, 3.05) is 5.32 Å². The fraction of sp³-hybridized carbons (Fsp3) is 0.167. The first kappa shape index (κ1) is 15.6. The van der Waals surface area contributed by atoms with Gasteiger partial charge in [0.05, 0.1) is 15.9 Å². The Kier molecular flexibility index (Phi) is 4.30. The number of thiophene rings is 1. The molecule has 4 rings (SSSR count). The van der Waals surface area contributed by atoms with Gasteiger partial charge in [0.15, 0.2) is 0 Å². The SMILES string of the molecule is O=C(CCCn1cccn1)Nc1ccc2nc(-c3cccs3)[nH]c2c1. The maximum Gasteiger partial charge on any atom is 0.224 e. The lowest BCUT2D eigenvalue weighted by Gasteiger charge is -2.05. The van der Waals surface area contributed by atoms with Crippen LogP contribution in [0.5, 0.6) is 0 Å². The Morgan fingerprint density at radius 2 is 2.24 bits per heavy atom. The number of fused-ring (bicyclic) bond motifs is 1. The van der Waals surface area contributed by atoms with Crippen LogP contribution in [0.1, 0.15) is 12.8 Å². The summed E-state index contributed by atoms with van der Waals surface area (Å²) in [5.74, 6) is 0.859. The van der Waals surface area contributed by atoms with Gasteiger partial charge in [0.1, 0.15) is 5.82 Å². The number of anilines is 1. The normalized spacial score (nSPS) is 11.0. The number of benzene rings is 1. The third-order valence-electron chi connectivity index (χ3n) is 3.87. The lowest BCUT2D eigenvalue weighted by molar-refractivity contribution is -0.116. The van der Waals surface area contributed by atoms with E-state index in [0.29, 0.717) is 6.42 Å². The number of aromatic nitrogens is 4. The van der Waals surface area contributed by atoms with Crippen LogP contribution in [0, 0.1) is 0 Å². The zero-order valence-corrected chi connectivity index (χ0v) is 14.3. The van der Waals surface area contributed by atoms with Gasteiger partial charge in [0.25, 0.3) is 0 Å². The van der Waals surface area contributed by atoms with E-state index in [4.69, 9.17) is 0 Å². The van der Waals surface area contributed by atoms with E-state index in [1.807, 2.05) is 52.7 Å².